The Labute approximate surface area is 224 Å². The molecule has 3 atom stereocenters. The maximum absolute atomic E-state index is 15.7. The van der Waals surface area contributed by atoms with Crippen molar-refractivity contribution in [1.82, 2.24) is 14.5 Å². The number of aromatic hydroxyl groups is 1. The Morgan fingerprint density at radius 2 is 1.88 bits per heavy atom. The van der Waals surface area contributed by atoms with E-state index >= 15 is 4.39 Å². The quantitative estimate of drug-likeness (QED) is 0.393. The molecule has 2 amide bonds. The zero-order chi connectivity index (χ0) is 28.8. The SMILES string of the molecule is C=CC(=O)N1C[C@@H]2C(=O)N(C)c3c(c4cc(F)c(-c5c(O)cccc5F)nc4n(C4CC4(F)F)c3=O)N2C[C@H]1C. The van der Waals surface area contributed by atoms with Crippen molar-refractivity contribution in [3.05, 3.63) is 58.9 Å². The van der Waals surface area contributed by atoms with Crippen molar-refractivity contribution in [2.24, 2.45) is 0 Å². The van der Waals surface area contributed by atoms with Crippen LogP contribution in [0.4, 0.5) is 28.9 Å². The monoisotopic (exact) mass is 557 g/mol. The largest absolute Gasteiger partial charge is 0.507 e. The number of piperazine rings is 1. The Bertz CT molecular complexity index is 1690. The van der Waals surface area contributed by atoms with Crippen LogP contribution in [0.25, 0.3) is 22.3 Å². The van der Waals surface area contributed by atoms with Crippen molar-refractivity contribution < 1.29 is 32.3 Å². The fourth-order valence-electron chi connectivity index (χ4n) is 5.75. The molecular formula is C27H23F4N5O4. The fraction of sp³-hybridized carbons (Fsp3) is 0.333. The number of pyridine rings is 2. The Morgan fingerprint density at radius 3 is 2.50 bits per heavy atom. The van der Waals surface area contributed by atoms with E-state index in [1.807, 2.05) is 0 Å². The molecule has 4 heterocycles. The van der Waals surface area contributed by atoms with E-state index in [9.17, 15) is 32.7 Å². The molecule has 13 heteroatoms. The molecule has 3 aromatic rings. The summed E-state index contributed by atoms with van der Waals surface area (Å²) < 4.78 is 59.9. The van der Waals surface area contributed by atoms with Crippen LogP contribution < -0.4 is 15.4 Å². The lowest BCUT2D eigenvalue weighted by Crippen LogP contribution is -2.66. The van der Waals surface area contributed by atoms with E-state index in [0.717, 1.165) is 33.7 Å². The Hall–Kier alpha value is -4.42. The van der Waals surface area contributed by atoms with Crippen LogP contribution in [0, 0.1) is 11.6 Å². The number of carbonyl (C=O) groups is 2. The second-order valence-electron chi connectivity index (χ2n) is 10.3. The maximum atomic E-state index is 15.7. The fourth-order valence-corrected chi connectivity index (χ4v) is 5.75. The summed E-state index contributed by atoms with van der Waals surface area (Å²) >= 11 is 0. The second-order valence-corrected chi connectivity index (χ2v) is 10.3. The first kappa shape index (κ1) is 25.8. The maximum Gasteiger partial charge on any atom is 0.278 e. The normalized spacial score (nSPS) is 23.2. The van der Waals surface area contributed by atoms with Gasteiger partial charge in [-0.15, -0.1) is 0 Å². The van der Waals surface area contributed by atoms with Crippen LogP contribution in [-0.2, 0) is 9.59 Å². The topological polar surface area (TPSA) is 99.0 Å². The molecule has 208 valence electrons. The van der Waals surface area contributed by atoms with Crippen molar-refractivity contribution in [3.8, 4) is 17.0 Å². The van der Waals surface area contributed by atoms with Gasteiger partial charge in [-0.3, -0.25) is 19.0 Å². The number of nitrogens with zero attached hydrogens (tertiary/aromatic N) is 5. The van der Waals surface area contributed by atoms with Crippen LogP contribution in [0.2, 0.25) is 0 Å². The molecule has 1 saturated carbocycles. The van der Waals surface area contributed by atoms with Crippen LogP contribution in [0.15, 0.2) is 41.7 Å². The third-order valence-corrected chi connectivity index (χ3v) is 7.85. The highest BCUT2D eigenvalue weighted by atomic mass is 19.3. The summed E-state index contributed by atoms with van der Waals surface area (Å²) in [4.78, 5) is 48.0. The number of fused-ring (bicyclic) bond motifs is 5. The highest BCUT2D eigenvalue weighted by Gasteiger charge is 2.60. The Balaban J connectivity index is 1.66. The number of phenolic OH excluding ortho intramolecular Hbond substituents is 1. The van der Waals surface area contributed by atoms with Crippen LogP contribution in [0.1, 0.15) is 19.4 Å². The van der Waals surface area contributed by atoms with Gasteiger partial charge in [-0.2, -0.15) is 0 Å². The van der Waals surface area contributed by atoms with Crippen molar-refractivity contribution in [2.75, 3.05) is 29.9 Å². The van der Waals surface area contributed by atoms with E-state index in [2.05, 4.69) is 11.6 Å². The number of likely N-dealkylation sites (N-methyl/N-ethyl adjacent to an activating group) is 1. The molecule has 2 aromatic heterocycles. The van der Waals surface area contributed by atoms with Gasteiger partial charge < -0.3 is 19.8 Å². The Kier molecular flexibility index (Phi) is 5.51. The number of phenols is 1. The van der Waals surface area contributed by atoms with Crippen LogP contribution >= 0.6 is 0 Å². The highest BCUT2D eigenvalue weighted by molar-refractivity contribution is 6.11. The van der Waals surface area contributed by atoms with E-state index < -0.39 is 76.5 Å². The van der Waals surface area contributed by atoms with E-state index in [-0.39, 0.29) is 35.5 Å². The molecule has 1 N–H and O–H groups in total. The first-order valence-corrected chi connectivity index (χ1v) is 12.5. The molecule has 0 spiro atoms. The third-order valence-electron chi connectivity index (χ3n) is 7.85. The predicted octanol–water partition coefficient (Wildman–Crippen LogP) is 3.20. The summed E-state index contributed by atoms with van der Waals surface area (Å²) in [6.07, 6.45) is 0.444. The molecule has 1 saturated heterocycles. The second kappa shape index (κ2) is 8.54. The van der Waals surface area contributed by atoms with Gasteiger partial charge >= 0.3 is 0 Å². The standard InChI is InChI=1S/C27H23F4N5O4/c1-4-19(38)34-11-16-25(39)33(3)23-22(35(16)10-12(34)2)13-8-15(29)21(20-14(28)6-5-7-17(20)37)32-24(13)36(26(23)40)18-9-27(18,30)31/h4-8,12,16,18,37H,1,9-11H2,2-3H3/t12-,16-,18?/m1/s1. The molecule has 0 radical (unpaired) electrons. The summed E-state index contributed by atoms with van der Waals surface area (Å²) in [5.74, 6) is -6.91. The predicted molar refractivity (Wildman–Crippen MR) is 138 cm³/mol. The minimum absolute atomic E-state index is 0.0468. The van der Waals surface area contributed by atoms with E-state index in [1.165, 1.54) is 18.0 Å². The molecule has 1 aliphatic carbocycles. The van der Waals surface area contributed by atoms with Crippen LogP contribution in [0.3, 0.4) is 0 Å². The average Bonchev–Trinajstić information content (AvgIpc) is 3.53. The van der Waals surface area contributed by atoms with Gasteiger partial charge in [-0.25, -0.2) is 22.5 Å². The zero-order valence-electron chi connectivity index (χ0n) is 21.4. The summed E-state index contributed by atoms with van der Waals surface area (Å²) in [7, 11) is 1.31. The van der Waals surface area contributed by atoms with Gasteiger partial charge in [-0.05, 0) is 31.2 Å². The summed E-state index contributed by atoms with van der Waals surface area (Å²) in [5.41, 5.74) is -2.67. The molecule has 1 aromatic carbocycles. The molecule has 3 aliphatic rings. The highest BCUT2D eigenvalue weighted by Crippen LogP contribution is 2.54. The number of hydrogen-bond acceptors (Lipinski definition) is 6. The summed E-state index contributed by atoms with van der Waals surface area (Å²) in [5, 5.41) is 10.2. The smallest absolute Gasteiger partial charge is 0.278 e. The molecule has 6 rings (SSSR count). The molecule has 9 nitrogen and oxygen atoms in total. The lowest BCUT2D eigenvalue weighted by atomic mass is 9.98. The Morgan fingerprint density at radius 1 is 1.18 bits per heavy atom. The number of alkyl halides is 2. The van der Waals surface area contributed by atoms with E-state index in [0.29, 0.717) is 0 Å². The minimum Gasteiger partial charge on any atom is -0.507 e. The van der Waals surface area contributed by atoms with Gasteiger partial charge in [0, 0.05) is 31.4 Å². The number of aromatic nitrogens is 2. The summed E-state index contributed by atoms with van der Waals surface area (Å²) in [6, 6.07) is 1.22. The molecule has 1 unspecified atom stereocenters. The number of amides is 2. The van der Waals surface area contributed by atoms with Gasteiger partial charge in [-0.1, -0.05) is 12.6 Å². The average molecular weight is 558 g/mol. The molecular weight excluding hydrogens is 534 g/mol. The third kappa shape index (κ3) is 3.52. The van der Waals surface area contributed by atoms with Crippen molar-refractivity contribution in [2.45, 2.75) is 37.4 Å². The van der Waals surface area contributed by atoms with Crippen molar-refractivity contribution >= 4 is 34.2 Å². The lowest BCUT2D eigenvalue weighted by molar-refractivity contribution is -0.130. The van der Waals surface area contributed by atoms with Gasteiger partial charge in [0.2, 0.25) is 5.91 Å². The van der Waals surface area contributed by atoms with Crippen LogP contribution in [0.5, 0.6) is 5.75 Å². The van der Waals surface area contributed by atoms with Gasteiger partial charge in [0.25, 0.3) is 17.4 Å². The number of anilines is 2. The molecule has 2 fully saturated rings. The minimum atomic E-state index is -3.26. The van der Waals surface area contributed by atoms with Gasteiger partial charge in [0.15, 0.2) is 5.82 Å². The first-order valence-electron chi connectivity index (χ1n) is 12.5. The number of benzene rings is 1. The molecule has 2 aliphatic heterocycles. The lowest BCUT2D eigenvalue weighted by Gasteiger charge is -2.49. The van der Waals surface area contributed by atoms with Gasteiger partial charge in [0.05, 0.1) is 17.8 Å². The van der Waals surface area contributed by atoms with Crippen molar-refractivity contribution in [3.63, 3.8) is 0 Å². The van der Waals surface area contributed by atoms with Gasteiger partial charge in [0.1, 0.15) is 40.7 Å². The molecule has 40 heavy (non-hydrogen) atoms. The number of rotatable bonds is 3. The first-order chi connectivity index (χ1) is 18.9. The number of carbonyl (C=O) groups excluding carboxylic acids is 2. The zero-order valence-corrected chi connectivity index (χ0v) is 21.4. The molecule has 0 bridgehead atoms. The van der Waals surface area contributed by atoms with E-state index in [1.54, 1.807) is 11.8 Å². The van der Waals surface area contributed by atoms with E-state index in [4.69, 9.17) is 0 Å². The summed E-state index contributed by atoms with van der Waals surface area (Å²) in [6.45, 7) is 5.23. The number of hydrogen-bond donors (Lipinski definition) is 1. The van der Waals surface area contributed by atoms with Crippen LogP contribution in [-0.4, -0.2) is 69.5 Å². The van der Waals surface area contributed by atoms with Crippen molar-refractivity contribution in [1.29, 1.82) is 0 Å². The number of halogens is 4.